The van der Waals surface area contributed by atoms with Crippen molar-refractivity contribution in [3.05, 3.63) is 65.4 Å². The lowest BCUT2D eigenvalue weighted by atomic mass is 10.1. The van der Waals surface area contributed by atoms with E-state index in [2.05, 4.69) is 22.9 Å². The predicted octanol–water partition coefficient (Wildman–Crippen LogP) is 3.99. The van der Waals surface area contributed by atoms with Gasteiger partial charge in [-0.25, -0.2) is 0 Å². The van der Waals surface area contributed by atoms with Crippen LogP contribution in [0.5, 0.6) is 5.75 Å². The summed E-state index contributed by atoms with van der Waals surface area (Å²) in [5.74, 6) is 0.709. The third-order valence-electron chi connectivity index (χ3n) is 4.49. The number of fused-ring (bicyclic) bond motifs is 1. The van der Waals surface area contributed by atoms with Gasteiger partial charge in [-0.3, -0.25) is 4.79 Å². The van der Waals surface area contributed by atoms with Crippen LogP contribution >= 0.6 is 0 Å². The molecule has 1 atom stereocenters. The van der Waals surface area contributed by atoms with Crippen molar-refractivity contribution in [2.45, 2.75) is 19.9 Å². The lowest BCUT2D eigenvalue weighted by molar-refractivity contribution is 0.0940. The zero-order valence-electron chi connectivity index (χ0n) is 14.5. The normalized spacial score (nSPS) is 12.2. The Kier molecular flexibility index (Phi) is 4.30. The SMILES string of the molecule is COc1cccc([C@H](C)NC(=O)c2ccc3cc(C)n(C)c3c2)c1. The second kappa shape index (κ2) is 6.40. The molecule has 0 radical (unpaired) electrons. The third-order valence-corrected chi connectivity index (χ3v) is 4.49. The molecule has 4 nitrogen and oxygen atoms in total. The first-order valence-electron chi connectivity index (χ1n) is 8.00. The molecule has 124 valence electrons. The zero-order valence-corrected chi connectivity index (χ0v) is 14.5. The van der Waals surface area contributed by atoms with Crippen LogP contribution in [0.3, 0.4) is 0 Å². The molecule has 0 saturated carbocycles. The van der Waals surface area contributed by atoms with Crippen molar-refractivity contribution in [1.82, 2.24) is 9.88 Å². The minimum Gasteiger partial charge on any atom is -0.497 e. The van der Waals surface area contributed by atoms with E-state index in [1.807, 2.05) is 56.4 Å². The van der Waals surface area contributed by atoms with E-state index in [4.69, 9.17) is 4.74 Å². The molecule has 3 rings (SSSR count). The van der Waals surface area contributed by atoms with Crippen LogP contribution in [0.4, 0.5) is 0 Å². The fourth-order valence-electron chi connectivity index (χ4n) is 2.88. The number of hydrogen-bond donors (Lipinski definition) is 1. The first-order chi connectivity index (χ1) is 11.5. The van der Waals surface area contributed by atoms with Crippen LogP contribution in [0.25, 0.3) is 10.9 Å². The summed E-state index contributed by atoms with van der Waals surface area (Å²) in [5, 5.41) is 4.20. The Morgan fingerprint density at radius 3 is 2.71 bits per heavy atom. The highest BCUT2D eigenvalue weighted by molar-refractivity contribution is 5.98. The minimum absolute atomic E-state index is 0.0777. The van der Waals surface area contributed by atoms with Crippen molar-refractivity contribution in [3.8, 4) is 5.75 Å². The molecule has 1 amide bonds. The number of benzene rings is 2. The van der Waals surface area contributed by atoms with E-state index in [1.54, 1.807) is 7.11 Å². The van der Waals surface area contributed by atoms with Crippen LogP contribution in [0.15, 0.2) is 48.5 Å². The second-order valence-corrected chi connectivity index (χ2v) is 6.09. The highest BCUT2D eigenvalue weighted by Crippen LogP contribution is 2.22. The lowest BCUT2D eigenvalue weighted by Crippen LogP contribution is -2.26. The van der Waals surface area contributed by atoms with Crippen molar-refractivity contribution in [3.63, 3.8) is 0 Å². The average Bonchev–Trinajstić information content (AvgIpc) is 2.88. The Morgan fingerprint density at radius 2 is 1.96 bits per heavy atom. The van der Waals surface area contributed by atoms with Crippen molar-refractivity contribution in [2.24, 2.45) is 7.05 Å². The monoisotopic (exact) mass is 322 g/mol. The molecule has 0 unspecified atom stereocenters. The van der Waals surface area contributed by atoms with Crippen LogP contribution in [0.1, 0.15) is 34.6 Å². The maximum absolute atomic E-state index is 12.6. The van der Waals surface area contributed by atoms with E-state index in [9.17, 15) is 4.79 Å². The van der Waals surface area contributed by atoms with Crippen LogP contribution < -0.4 is 10.1 Å². The van der Waals surface area contributed by atoms with Crippen molar-refractivity contribution in [1.29, 1.82) is 0 Å². The summed E-state index contributed by atoms with van der Waals surface area (Å²) < 4.78 is 7.34. The van der Waals surface area contributed by atoms with Crippen LogP contribution in [0.2, 0.25) is 0 Å². The summed E-state index contributed by atoms with van der Waals surface area (Å²) in [6, 6.07) is 15.6. The number of rotatable bonds is 4. The Morgan fingerprint density at radius 1 is 1.17 bits per heavy atom. The molecule has 1 N–H and O–H groups in total. The molecule has 0 aliphatic rings. The van der Waals surface area contributed by atoms with E-state index in [0.29, 0.717) is 5.56 Å². The standard InChI is InChI=1S/C20H22N2O2/c1-13-10-16-8-9-17(12-19(16)22(13)3)20(23)21-14(2)15-6-5-7-18(11-15)24-4/h5-12,14H,1-4H3,(H,21,23)/t14-/m0/s1. The van der Waals surface area contributed by atoms with Gasteiger partial charge in [0.25, 0.3) is 5.91 Å². The number of ether oxygens (including phenoxy) is 1. The predicted molar refractivity (Wildman–Crippen MR) is 96.5 cm³/mol. The van der Waals surface area contributed by atoms with Gasteiger partial charge in [-0.05, 0) is 55.1 Å². The van der Waals surface area contributed by atoms with E-state index < -0.39 is 0 Å². The number of methoxy groups -OCH3 is 1. The number of nitrogens with zero attached hydrogens (tertiary/aromatic N) is 1. The first kappa shape index (κ1) is 16.1. The Labute approximate surface area is 142 Å². The summed E-state index contributed by atoms with van der Waals surface area (Å²) in [6.07, 6.45) is 0. The van der Waals surface area contributed by atoms with Gasteiger partial charge in [0.2, 0.25) is 0 Å². The van der Waals surface area contributed by atoms with Gasteiger partial charge >= 0.3 is 0 Å². The number of carbonyl (C=O) groups excluding carboxylic acids is 1. The number of hydrogen-bond acceptors (Lipinski definition) is 2. The molecule has 1 aromatic heterocycles. The van der Waals surface area contributed by atoms with Crippen LogP contribution in [0, 0.1) is 6.92 Å². The first-order valence-corrected chi connectivity index (χ1v) is 8.00. The highest BCUT2D eigenvalue weighted by atomic mass is 16.5. The molecule has 0 fully saturated rings. The van der Waals surface area contributed by atoms with Crippen LogP contribution in [-0.2, 0) is 7.05 Å². The maximum Gasteiger partial charge on any atom is 0.251 e. The van der Waals surface area contributed by atoms with Gasteiger partial charge in [0.1, 0.15) is 5.75 Å². The molecule has 0 saturated heterocycles. The molecule has 0 bridgehead atoms. The quantitative estimate of drug-likeness (QED) is 0.789. The number of nitrogens with one attached hydrogen (secondary N) is 1. The van der Waals surface area contributed by atoms with Crippen LogP contribution in [-0.4, -0.2) is 17.6 Å². The molecule has 0 aliphatic carbocycles. The van der Waals surface area contributed by atoms with E-state index >= 15 is 0 Å². The third kappa shape index (κ3) is 3.00. The Bertz CT molecular complexity index is 896. The summed E-state index contributed by atoms with van der Waals surface area (Å²) >= 11 is 0. The van der Waals surface area contributed by atoms with Gasteiger partial charge in [-0.15, -0.1) is 0 Å². The highest BCUT2D eigenvalue weighted by Gasteiger charge is 2.13. The Hall–Kier alpha value is -2.75. The van der Waals surface area contributed by atoms with E-state index in [0.717, 1.165) is 22.2 Å². The largest absolute Gasteiger partial charge is 0.497 e. The molecular formula is C20H22N2O2. The number of amides is 1. The summed E-state index contributed by atoms with van der Waals surface area (Å²) in [7, 11) is 3.65. The minimum atomic E-state index is -0.0987. The van der Waals surface area contributed by atoms with Crippen molar-refractivity contribution >= 4 is 16.8 Å². The summed E-state index contributed by atoms with van der Waals surface area (Å²) in [5.41, 5.74) is 3.92. The van der Waals surface area contributed by atoms with Gasteiger partial charge in [-0.2, -0.15) is 0 Å². The molecule has 1 heterocycles. The Balaban J connectivity index is 1.82. The van der Waals surface area contributed by atoms with Crippen molar-refractivity contribution in [2.75, 3.05) is 7.11 Å². The van der Waals surface area contributed by atoms with Gasteiger partial charge in [0.05, 0.1) is 13.2 Å². The molecule has 4 heteroatoms. The van der Waals surface area contributed by atoms with Gasteiger partial charge in [-0.1, -0.05) is 18.2 Å². The van der Waals surface area contributed by atoms with E-state index in [1.165, 1.54) is 5.69 Å². The fraction of sp³-hybridized carbons (Fsp3) is 0.250. The molecule has 3 aromatic rings. The smallest absolute Gasteiger partial charge is 0.251 e. The molecular weight excluding hydrogens is 300 g/mol. The summed E-state index contributed by atoms with van der Waals surface area (Å²) in [4.78, 5) is 12.6. The second-order valence-electron chi connectivity index (χ2n) is 6.09. The average molecular weight is 322 g/mol. The molecule has 24 heavy (non-hydrogen) atoms. The summed E-state index contributed by atoms with van der Waals surface area (Å²) in [6.45, 7) is 4.03. The number of aromatic nitrogens is 1. The number of aryl methyl sites for hydroxylation is 2. The van der Waals surface area contributed by atoms with Crippen molar-refractivity contribution < 1.29 is 9.53 Å². The maximum atomic E-state index is 12.6. The van der Waals surface area contributed by atoms with Gasteiger partial charge in [0.15, 0.2) is 0 Å². The van der Waals surface area contributed by atoms with Gasteiger partial charge < -0.3 is 14.6 Å². The zero-order chi connectivity index (χ0) is 17.3. The molecule has 0 spiro atoms. The van der Waals surface area contributed by atoms with E-state index in [-0.39, 0.29) is 11.9 Å². The fourth-order valence-corrected chi connectivity index (χ4v) is 2.88. The molecule has 2 aromatic carbocycles. The topological polar surface area (TPSA) is 43.3 Å². The lowest BCUT2D eigenvalue weighted by Gasteiger charge is -2.15. The number of carbonyl (C=O) groups is 1. The molecule has 0 aliphatic heterocycles. The van der Waals surface area contributed by atoms with Gasteiger partial charge in [0, 0.05) is 23.8 Å².